The number of fused-ring (bicyclic) bond motifs is 2. The smallest absolute Gasteiger partial charge is 0.301 e. The fourth-order valence-electron chi connectivity index (χ4n) is 9.82. The van der Waals surface area contributed by atoms with E-state index in [2.05, 4.69) is 37.0 Å². The van der Waals surface area contributed by atoms with E-state index in [-0.39, 0.29) is 49.4 Å². The highest BCUT2D eigenvalue weighted by Gasteiger charge is 2.40. The lowest BCUT2D eigenvalue weighted by Gasteiger charge is -2.42. The van der Waals surface area contributed by atoms with Crippen LogP contribution in [0.3, 0.4) is 0 Å². The number of aromatic nitrogens is 2. The van der Waals surface area contributed by atoms with Gasteiger partial charge < -0.3 is 24.4 Å². The van der Waals surface area contributed by atoms with Crippen molar-refractivity contribution in [3.05, 3.63) is 107 Å². The maximum atomic E-state index is 15.8. The van der Waals surface area contributed by atoms with Crippen molar-refractivity contribution in [1.82, 2.24) is 34.3 Å². The van der Waals surface area contributed by atoms with Gasteiger partial charge in [0.1, 0.15) is 35.5 Å². The Kier molecular flexibility index (Phi) is 12.2. The molecule has 2 atom stereocenters. The number of rotatable bonds is 14. The Morgan fingerprint density at radius 2 is 1.74 bits per heavy atom. The van der Waals surface area contributed by atoms with Crippen LogP contribution in [0.4, 0.5) is 24.5 Å². The highest BCUT2D eigenvalue weighted by molar-refractivity contribution is 7.90. The Hall–Kier alpha value is -6.35. The number of imide groups is 1. The molecule has 16 nitrogen and oxygen atoms in total. The molecule has 6 heterocycles. The van der Waals surface area contributed by atoms with E-state index < -0.39 is 57.0 Å². The first-order valence-electron chi connectivity index (χ1n) is 22.8. The average Bonchev–Trinajstić information content (AvgIpc) is 4.04. The van der Waals surface area contributed by atoms with Gasteiger partial charge in [0.15, 0.2) is 5.82 Å². The molecule has 1 aliphatic carbocycles. The van der Waals surface area contributed by atoms with Gasteiger partial charge in [-0.2, -0.15) is 12.7 Å². The van der Waals surface area contributed by atoms with Gasteiger partial charge in [-0.05, 0) is 79.5 Å². The summed E-state index contributed by atoms with van der Waals surface area (Å²) in [5.74, 6) is -3.79. The Labute approximate surface area is 390 Å². The first-order chi connectivity index (χ1) is 32.7. The van der Waals surface area contributed by atoms with Gasteiger partial charge in [-0.15, -0.1) is 0 Å². The second-order valence-electron chi connectivity index (χ2n) is 18.2. The number of likely N-dealkylation sites (N-methyl/N-ethyl adjacent to an activating group) is 1. The molecule has 0 unspecified atom stereocenters. The summed E-state index contributed by atoms with van der Waals surface area (Å²) in [5.41, 5.74) is 2.66. The number of amides is 3. The van der Waals surface area contributed by atoms with E-state index in [1.165, 1.54) is 6.20 Å². The summed E-state index contributed by atoms with van der Waals surface area (Å²) in [7, 11) is -2.20. The first-order valence-corrected chi connectivity index (χ1v) is 24.3. The normalized spacial score (nSPS) is 22.5. The Bertz CT molecular complexity index is 2920. The molecule has 5 aromatic rings. The molecule has 4 fully saturated rings. The number of carbonyl (C=O) groups is 4. The predicted octanol–water partition coefficient (Wildman–Crippen LogP) is 4.86. The Morgan fingerprint density at radius 1 is 0.956 bits per heavy atom. The van der Waals surface area contributed by atoms with Crippen molar-refractivity contribution in [2.75, 3.05) is 69.0 Å². The molecule has 0 spiro atoms. The number of halogens is 3. The van der Waals surface area contributed by atoms with Crippen molar-refractivity contribution in [3.63, 3.8) is 0 Å². The summed E-state index contributed by atoms with van der Waals surface area (Å²) < 4.78 is 79.4. The number of piperidine rings is 1. The minimum Gasteiger partial charge on any atom is -0.490 e. The van der Waals surface area contributed by atoms with Crippen molar-refractivity contribution in [1.29, 1.82) is 0 Å². The molecular formula is C48H50F3N9O7S. The summed E-state index contributed by atoms with van der Waals surface area (Å²) in [6.45, 7) is 5.23. The monoisotopic (exact) mass is 953 g/mol. The fraction of sp³-hybridized carbons (Fsp3) is 0.396. The molecular weight excluding hydrogens is 904 g/mol. The van der Waals surface area contributed by atoms with E-state index in [1.807, 2.05) is 41.1 Å². The number of nitrogens with one attached hydrogen (secondary N) is 3. The van der Waals surface area contributed by atoms with Crippen molar-refractivity contribution >= 4 is 56.1 Å². The van der Waals surface area contributed by atoms with Crippen LogP contribution in [0.2, 0.25) is 0 Å². The Morgan fingerprint density at radius 3 is 2.47 bits per heavy atom. The molecule has 20 heteroatoms. The SMILES string of the molecule is CN(CCN1CCN(c2ccc(-c3cnc4[nH]cc(C(=O)c5c(F)ccc(NS(=O)(=O)N6CC[C@@H](F)C6)c5F)c4c3)cc2)CC1)C1CC(Oc2ccc3c(c2)CN([C@H]2CCC(=O)NC2=O)C3=O)C1. The topological polar surface area (TPSA) is 181 Å². The minimum absolute atomic E-state index is 0.00220. The van der Waals surface area contributed by atoms with Crippen LogP contribution in [0.15, 0.2) is 73.1 Å². The van der Waals surface area contributed by atoms with E-state index in [0.29, 0.717) is 46.9 Å². The molecule has 0 radical (unpaired) electrons. The van der Waals surface area contributed by atoms with Crippen molar-refractivity contribution in [3.8, 4) is 16.9 Å². The fourth-order valence-corrected chi connectivity index (χ4v) is 11.1. The zero-order valence-electron chi connectivity index (χ0n) is 37.2. The van der Waals surface area contributed by atoms with E-state index in [1.54, 1.807) is 23.2 Å². The van der Waals surface area contributed by atoms with Crippen LogP contribution >= 0.6 is 0 Å². The molecule has 5 aliphatic rings. The quantitative estimate of drug-likeness (QED) is 0.102. The first kappa shape index (κ1) is 45.4. The number of H-pyrrole nitrogens is 1. The van der Waals surface area contributed by atoms with Crippen molar-refractivity contribution in [2.24, 2.45) is 0 Å². The molecule has 10 rings (SSSR count). The van der Waals surface area contributed by atoms with Gasteiger partial charge in [-0.25, -0.2) is 18.2 Å². The summed E-state index contributed by atoms with van der Waals surface area (Å²) in [6, 6.07) is 16.7. The minimum atomic E-state index is -4.36. The number of pyridine rings is 1. The van der Waals surface area contributed by atoms with Crippen LogP contribution in [-0.4, -0.2) is 145 Å². The van der Waals surface area contributed by atoms with E-state index >= 15 is 8.78 Å². The molecule has 356 valence electrons. The molecule has 3 N–H and O–H groups in total. The number of carbonyl (C=O) groups excluding carboxylic acids is 4. The average molecular weight is 954 g/mol. The van der Waals surface area contributed by atoms with Crippen LogP contribution < -0.4 is 19.7 Å². The number of nitrogens with zero attached hydrogens (tertiary/aromatic N) is 6. The largest absolute Gasteiger partial charge is 0.490 e. The van der Waals surface area contributed by atoms with E-state index in [0.717, 1.165) is 85.4 Å². The van der Waals surface area contributed by atoms with Gasteiger partial charge in [-0.3, -0.25) is 34.1 Å². The predicted molar refractivity (Wildman–Crippen MR) is 246 cm³/mol. The summed E-state index contributed by atoms with van der Waals surface area (Å²) in [5, 5.41) is 2.67. The van der Waals surface area contributed by atoms with Crippen LogP contribution in [-0.2, 0) is 26.3 Å². The van der Waals surface area contributed by atoms with Crippen LogP contribution in [0.25, 0.3) is 22.2 Å². The van der Waals surface area contributed by atoms with Crippen LogP contribution in [0.1, 0.15) is 63.9 Å². The molecule has 0 bridgehead atoms. The second-order valence-corrected chi connectivity index (χ2v) is 19.9. The number of hydrogen-bond acceptors (Lipinski definition) is 11. The molecule has 3 aromatic carbocycles. The number of piperazine rings is 1. The molecule has 4 aliphatic heterocycles. The van der Waals surface area contributed by atoms with Crippen LogP contribution in [0, 0.1) is 11.6 Å². The third-order valence-electron chi connectivity index (χ3n) is 14.0. The number of anilines is 2. The van der Waals surface area contributed by atoms with Gasteiger partial charge in [0.2, 0.25) is 17.6 Å². The lowest BCUT2D eigenvalue weighted by atomic mass is 9.88. The number of benzene rings is 3. The number of ketones is 1. The van der Waals surface area contributed by atoms with E-state index in [9.17, 15) is 32.0 Å². The third-order valence-corrected chi connectivity index (χ3v) is 15.5. The standard InChI is InChI=1S/C48H50F3N9O7S/c1-56(33-22-35(23-33)67-34-6-7-36-30(20-34)26-60(48(36)64)41-10-11-42(61)54-47(41)63)14-15-57-16-18-58(19-17-57)32-4-2-28(3-5-32)29-21-37-38(25-53-46(37)52-24-29)45(62)43-39(50)8-9-40(44(43)51)55-68(65,66)59-13-12-31(49)27-59/h2-9,20-21,24-25,31,33,35,41,55H,10-19,22-23,26-27H2,1H3,(H,52,53)(H,54,61,63)/t31-,33?,35?,41+/m1/s1. The van der Waals surface area contributed by atoms with Gasteiger partial charge in [0, 0.05) is 124 Å². The lowest BCUT2D eigenvalue weighted by Crippen LogP contribution is -2.52. The van der Waals surface area contributed by atoms with Crippen LogP contribution in [0.5, 0.6) is 5.75 Å². The summed E-state index contributed by atoms with van der Waals surface area (Å²) in [6.07, 6.45) is 4.03. The summed E-state index contributed by atoms with van der Waals surface area (Å²) >= 11 is 0. The second kappa shape index (κ2) is 18.3. The number of hydrogen-bond donors (Lipinski definition) is 3. The maximum Gasteiger partial charge on any atom is 0.301 e. The van der Waals surface area contributed by atoms with Gasteiger partial charge in [0.25, 0.3) is 5.91 Å². The zero-order valence-corrected chi connectivity index (χ0v) is 38.0. The van der Waals surface area contributed by atoms with Gasteiger partial charge >= 0.3 is 10.2 Å². The van der Waals surface area contributed by atoms with Gasteiger partial charge in [0.05, 0.1) is 11.3 Å². The lowest BCUT2D eigenvalue weighted by molar-refractivity contribution is -0.136. The third kappa shape index (κ3) is 8.92. The molecule has 3 saturated heterocycles. The zero-order chi connectivity index (χ0) is 47.4. The Balaban J connectivity index is 0.695. The molecule has 1 saturated carbocycles. The maximum absolute atomic E-state index is 15.8. The molecule has 2 aromatic heterocycles. The number of aromatic amines is 1. The number of ether oxygens (including phenoxy) is 1. The van der Waals surface area contributed by atoms with E-state index in [4.69, 9.17) is 4.74 Å². The number of alkyl halides is 1. The summed E-state index contributed by atoms with van der Waals surface area (Å²) in [4.78, 5) is 66.9. The molecule has 68 heavy (non-hydrogen) atoms. The van der Waals surface area contributed by atoms with Crippen molar-refractivity contribution < 1.29 is 45.5 Å². The highest BCUT2D eigenvalue weighted by atomic mass is 32.2. The highest BCUT2D eigenvalue weighted by Crippen LogP contribution is 2.35. The molecule has 3 amide bonds. The van der Waals surface area contributed by atoms with Crippen molar-refractivity contribution in [2.45, 2.75) is 63.0 Å². The van der Waals surface area contributed by atoms with Gasteiger partial charge in [-0.1, -0.05) is 12.1 Å².